The average molecular weight is 442 g/mol. The Hall–Kier alpha value is -2.47. The third-order valence-corrected chi connectivity index (χ3v) is 7.40. The van der Waals surface area contributed by atoms with Crippen molar-refractivity contribution in [3.63, 3.8) is 0 Å². The Bertz CT molecular complexity index is 1090. The molecule has 0 fully saturated rings. The summed E-state index contributed by atoms with van der Waals surface area (Å²) in [7, 11) is -1.84. The van der Waals surface area contributed by atoms with Crippen LogP contribution in [0.4, 0.5) is 0 Å². The molecule has 2 aromatic carbocycles. The van der Waals surface area contributed by atoms with Crippen molar-refractivity contribution in [1.82, 2.24) is 14.3 Å². The molecule has 0 aliphatic heterocycles. The quantitative estimate of drug-likeness (QED) is 0.624. The number of rotatable bonds is 8. The molecule has 2 aromatic rings. The second-order valence-electron chi connectivity index (χ2n) is 6.19. The highest BCUT2D eigenvalue weighted by Gasteiger charge is 2.20. The monoisotopic (exact) mass is 441 g/mol. The second kappa shape index (κ2) is 8.91. The first kappa shape index (κ1) is 22.8. The van der Waals surface area contributed by atoms with Crippen molar-refractivity contribution in [3.05, 3.63) is 53.6 Å². The van der Waals surface area contributed by atoms with Gasteiger partial charge in [0.05, 0.1) is 12.0 Å². The maximum Gasteiger partial charge on any atom is 0.251 e. The highest BCUT2D eigenvalue weighted by molar-refractivity contribution is 7.89. The number of nitrogens with one attached hydrogen (secondary N) is 2. The zero-order valence-electron chi connectivity index (χ0n) is 16.5. The minimum atomic E-state index is -3.81. The summed E-state index contributed by atoms with van der Waals surface area (Å²) in [5.41, 5.74) is 0.832. The smallest absolute Gasteiger partial charge is 0.251 e. The average Bonchev–Trinajstić information content (AvgIpc) is 2.71. The molecule has 0 atom stereocenters. The maximum absolute atomic E-state index is 12.4. The van der Waals surface area contributed by atoms with Crippen LogP contribution in [0.15, 0.2) is 52.3 Å². The van der Waals surface area contributed by atoms with Gasteiger partial charge in [-0.25, -0.2) is 25.9 Å². The summed E-state index contributed by atoms with van der Waals surface area (Å²) in [4.78, 5) is 12.4. The van der Waals surface area contributed by atoms with Gasteiger partial charge >= 0.3 is 0 Å². The number of benzene rings is 2. The van der Waals surface area contributed by atoms with Gasteiger partial charge in [-0.3, -0.25) is 4.79 Å². The molecule has 158 valence electrons. The van der Waals surface area contributed by atoms with Crippen LogP contribution in [0.2, 0.25) is 0 Å². The molecule has 0 radical (unpaired) electrons. The van der Waals surface area contributed by atoms with E-state index in [0.717, 1.165) is 4.31 Å². The number of methoxy groups -OCH3 is 1. The van der Waals surface area contributed by atoms with Crippen LogP contribution in [-0.2, 0) is 26.6 Å². The van der Waals surface area contributed by atoms with Gasteiger partial charge in [0.1, 0.15) is 10.6 Å². The Labute approximate surface area is 170 Å². The minimum absolute atomic E-state index is 0.119. The van der Waals surface area contributed by atoms with Crippen molar-refractivity contribution >= 4 is 26.0 Å². The highest BCUT2D eigenvalue weighted by atomic mass is 32.2. The summed E-state index contributed by atoms with van der Waals surface area (Å²) in [5.74, 6) is -0.362. The molecule has 0 saturated carbocycles. The van der Waals surface area contributed by atoms with Crippen LogP contribution in [0, 0.1) is 0 Å². The number of amides is 1. The molecule has 0 unspecified atom stereocenters. The van der Waals surface area contributed by atoms with Crippen LogP contribution in [0.5, 0.6) is 5.75 Å². The molecule has 0 aliphatic rings. The summed E-state index contributed by atoms with van der Waals surface area (Å²) in [6, 6.07) is 10.2. The first-order valence-electron chi connectivity index (χ1n) is 8.44. The lowest BCUT2D eigenvalue weighted by molar-refractivity contribution is 0.0950. The number of carbonyl (C=O) groups is 1. The van der Waals surface area contributed by atoms with E-state index in [1.54, 1.807) is 12.1 Å². The van der Waals surface area contributed by atoms with Gasteiger partial charge in [-0.2, -0.15) is 0 Å². The maximum atomic E-state index is 12.4. The molecule has 0 spiro atoms. The summed E-state index contributed by atoms with van der Waals surface area (Å²) < 4.78 is 56.7. The fourth-order valence-electron chi connectivity index (χ4n) is 2.41. The van der Waals surface area contributed by atoms with E-state index in [0.29, 0.717) is 5.56 Å². The zero-order valence-corrected chi connectivity index (χ0v) is 18.1. The number of nitrogens with zero attached hydrogens (tertiary/aromatic N) is 1. The third kappa shape index (κ3) is 5.12. The van der Waals surface area contributed by atoms with E-state index < -0.39 is 26.0 Å². The lowest BCUT2D eigenvalue weighted by atomic mass is 10.2. The molecular formula is C18H23N3O6S2. The second-order valence-corrected chi connectivity index (χ2v) is 10.2. The molecule has 0 saturated heterocycles. The summed E-state index contributed by atoms with van der Waals surface area (Å²) in [6.45, 7) is 0.140. The SMILES string of the molecule is CNS(=O)(=O)c1cc(C(=O)NCc2ccc(S(=O)(=O)N(C)C)cc2)ccc1OC. The van der Waals surface area contributed by atoms with Crippen LogP contribution >= 0.6 is 0 Å². The molecule has 9 nitrogen and oxygen atoms in total. The van der Waals surface area contributed by atoms with Gasteiger partial charge < -0.3 is 10.1 Å². The predicted molar refractivity (Wildman–Crippen MR) is 108 cm³/mol. The summed E-state index contributed by atoms with van der Waals surface area (Å²) in [6.07, 6.45) is 0. The third-order valence-electron chi connectivity index (χ3n) is 4.14. The van der Waals surface area contributed by atoms with Crippen LogP contribution < -0.4 is 14.8 Å². The van der Waals surface area contributed by atoms with E-state index in [1.165, 1.54) is 58.6 Å². The molecule has 1 amide bonds. The highest BCUT2D eigenvalue weighted by Crippen LogP contribution is 2.24. The van der Waals surface area contributed by atoms with E-state index in [1.807, 2.05) is 0 Å². The van der Waals surface area contributed by atoms with Gasteiger partial charge in [-0.05, 0) is 42.9 Å². The Morgan fingerprint density at radius 2 is 1.66 bits per heavy atom. The lowest BCUT2D eigenvalue weighted by Gasteiger charge is -2.12. The van der Waals surface area contributed by atoms with Gasteiger partial charge in [0, 0.05) is 26.2 Å². The Morgan fingerprint density at radius 1 is 1.03 bits per heavy atom. The standard InChI is InChI=1S/C18H23N3O6S2/c1-19-28(23,24)17-11-14(7-10-16(17)27-4)18(22)20-12-13-5-8-15(9-6-13)29(25,26)21(2)3/h5-11,19H,12H2,1-4H3,(H,20,22). The molecular weight excluding hydrogens is 418 g/mol. The molecule has 29 heavy (non-hydrogen) atoms. The lowest BCUT2D eigenvalue weighted by Crippen LogP contribution is -2.24. The molecule has 0 aromatic heterocycles. The van der Waals surface area contributed by atoms with Crippen molar-refractivity contribution in [2.45, 2.75) is 16.3 Å². The summed E-state index contributed by atoms with van der Waals surface area (Å²) >= 11 is 0. The van der Waals surface area contributed by atoms with E-state index in [2.05, 4.69) is 10.0 Å². The molecule has 0 bridgehead atoms. The molecule has 0 heterocycles. The first-order chi connectivity index (χ1) is 13.5. The van der Waals surface area contributed by atoms with Gasteiger partial charge in [-0.15, -0.1) is 0 Å². The zero-order chi connectivity index (χ0) is 21.8. The Kier molecular flexibility index (Phi) is 7.01. The van der Waals surface area contributed by atoms with Crippen molar-refractivity contribution in [2.24, 2.45) is 0 Å². The minimum Gasteiger partial charge on any atom is -0.495 e. The van der Waals surface area contributed by atoms with Crippen LogP contribution in [0.25, 0.3) is 0 Å². The fourth-order valence-corrected chi connectivity index (χ4v) is 4.23. The van der Waals surface area contributed by atoms with E-state index >= 15 is 0 Å². The molecule has 0 aliphatic carbocycles. The van der Waals surface area contributed by atoms with E-state index in [9.17, 15) is 21.6 Å². The van der Waals surface area contributed by atoms with Gasteiger partial charge in [-0.1, -0.05) is 12.1 Å². The number of ether oxygens (including phenoxy) is 1. The van der Waals surface area contributed by atoms with Crippen LogP contribution in [-0.4, -0.2) is 55.3 Å². The van der Waals surface area contributed by atoms with Crippen LogP contribution in [0.3, 0.4) is 0 Å². The van der Waals surface area contributed by atoms with Crippen LogP contribution in [0.1, 0.15) is 15.9 Å². The first-order valence-corrected chi connectivity index (χ1v) is 11.4. The van der Waals surface area contributed by atoms with Gasteiger partial charge in [0.25, 0.3) is 5.91 Å². The topological polar surface area (TPSA) is 122 Å². The number of hydrogen-bond acceptors (Lipinski definition) is 6. The Morgan fingerprint density at radius 3 is 2.17 bits per heavy atom. The normalized spacial score (nSPS) is 12.0. The van der Waals surface area contributed by atoms with Gasteiger partial charge in [0.2, 0.25) is 20.0 Å². The fraction of sp³-hybridized carbons (Fsp3) is 0.278. The molecule has 2 N–H and O–H groups in total. The number of carbonyl (C=O) groups excluding carboxylic acids is 1. The van der Waals surface area contributed by atoms with Crippen molar-refractivity contribution in [2.75, 3.05) is 28.3 Å². The van der Waals surface area contributed by atoms with Crippen molar-refractivity contribution in [1.29, 1.82) is 0 Å². The van der Waals surface area contributed by atoms with E-state index in [-0.39, 0.29) is 27.6 Å². The van der Waals surface area contributed by atoms with Gasteiger partial charge in [0.15, 0.2) is 0 Å². The summed E-state index contributed by atoms with van der Waals surface area (Å²) in [5, 5.41) is 2.68. The molecule has 2 rings (SSSR count). The predicted octanol–water partition coefficient (Wildman–Crippen LogP) is 0.784. The van der Waals surface area contributed by atoms with E-state index in [4.69, 9.17) is 4.74 Å². The molecule has 11 heteroatoms. The van der Waals surface area contributed by atoms with Crippen molar-refractivity contribution < 1.29 is 26.4 Å². The number of sulfonamides is 2. The van der Waals surface area contributed by atoms with Crippen molar-refractivity contribution in [3.8, 4) is 5.75 Å². The largest absolute Gasteiger partial charge is 0.495 e. The number of hydrogen-bond donors (Lipinski definition) is 2. The Balaban J connectivity index is 2.17.